The van der Waals surface area contributed by atoms with Crippen LogP contribution in [0.5, 0.6) is 5.75 Å². The van der Waals surface area contributed by atoms with E-state index >= 15 is 0 Å². The fourth-order valence-electron chi connectivity index (χ4n) is 3.06. The highest BCUT2D eigenvalue weighted by Gasteiger charge is 2.37. The van der Waals surface area contributed by atoms with E-state index < -0.39 is 0 Å². The zero-order valence-corrected chi connectivity index (χ0v) is 15.0. The van der Waals surface area contributed by atoms with Crippen molar-refractivity contribution >= 4 is 24.0 Å². The summed E-state index contributed by atoms with van der Waals surface area (Å²) >= 11 is 6.20. The average Bonchev–Trinajstić information content (AvgIpc) is 2.48. The Morgan fingerprint density at radius 3 is 2.55 bits per heavy atom. The maximum absolute atomic E-state index is 9.87. The third-order valence-corrected chi connectivity index (χ3v) is 4.39. The molecular formula is C16H26Cl2N2O2. The number of rotatable bonds is 5. The molecule has 22 heavy (non-hydrogen) atoms. The Kier molecular flexibility index (Phi) is 7.42. The highest BCUT2D eigenvalue weighted by Crippen LogP contribution is 2.42. The quantitative estimate of drug-likeness (QED) is 0.858. The minimum absolute atomic E-state index is 0. The lowest BCUT2D eigenvalue weighted by atomic mass is 9.79. The summed E-state index contributed by atoms with van der Waals surface area (Å²) in [6.07, 6.45) is 0. The fraction of sp³-hybridized carbons (Fsp3) is 0.625. The number of aliphatic hydroxyl groups excluding tert-OH is 1. The molecule has 0 aliphatic carbocycles. The molecule has 2 N–H and O–H groups in total. The zero-order valence-electron chi connectivity index (χ0n) is 13.4. The van der Waals surface area contributed by atoms with Gasteiger partial charge in [0.15, 0.2) is 0 Å². The summed E-state index contributed by atoms with van der Waals surface area (Å²) in [4.78, 5) is 2.40. The number of ether oxygens (including phenoxy) is 1. The van der Waals surface area contributed by atoms with Crippen LogP contribution < -0.4 is 10.1 Å². The number of nitrogens with zero attached hydrogens (tertiary/aromatic N) is 1. The topological polar surface area (TPSA) is 44.7 Å². The maximum Gasteiger partial charge on any atom is 0.123 e. The molecule has 126 valence electrons. The van der Waals surface area contributed by atoms with Gasteiger partial charge in [-0.25, -0.2) is 0 Å². The zero-order chi connectivity index (χ0) is 15.5. The predicted molar refractivity (Wildman–Crippen MR) is 93.3 cm³/mol. The van der Waals surface area contributed by atoms with Crippen molar-refractivity contribution in [2.24, 2.45) is 5.41 Å². The Balaban J connectivity index is 0.00000242. The molecule has 1 heterocycles. The van der Waals surface area contributed by atoms with E-state index in [2.05, 4.69) is 24.1 Å². The first-order valence-corrected chi connectivity index (χ1v) is 7.76. The number of nitrogens with one attached hydrogen (secondary N) is 1. The fourth-order valence-corrected chi connectivity index (χ4v) is 3.24. The molecule has 1 aliphatic rings. The van der Waals surface area contributed by atoms with E-state index in [-0.39, 0.29) is 30.5 Å². The molecule has 0 bridgehead atoms. The second kappa shape index (κ2) is 8.37. The van der Waals surface area contributed by atoms with Crippen LogP contribution in [0.2, 0.25) is 5.02 Å². The number of halogens is 2. The lowest BCUT2D eigenvalue weighted by molar-refractivity contribution is 0.0293. The van der Waals surface area contributed by atoms with Crippen molar-refractivity contribution in [3.63, 3.8) is 0 Å². The molecule has 0 aromatic heterocycles. The van der Waals surface area contributed by atoms with Crippen LogP contribution in [-0.2, 0) is 0 Å². The first-order valence-electron chi connectivity index (χ1n) is 7.38. The number of methoxy groups -OCH3 is 1. The monoisotopic (exact) mass is 348 g/mol. The van der Waals surface area contributed by atoms with Crippen molar-refractivity contribution in [3.8, 4) is 5.75 Å². The minimum Gasteiger partial charge on any atom is -0.496 e. The van der Waals surface area contributed by atoms with Crippen molar-refractivity contribution in [1.82, 2.24) is 10.2 Å². The molecular weight excluding hydrogens is 323 g/mol. The Morgan fingerprint density at radius 2 is 2.00 bits per heavy atom. The van der Waals surface area contributed by atoms with Crippen molar-refractivity contribution in [1.29, 1.82) is 0 Å². The molecule has 0 amide bonds. The van der Waals surface area contributed by atoms with Crippen LogP contribution in [0.1, 0.15) is 25.5 Å². The Bertz CT molecular complexity index is 477. The predicted octanol–water partition coefficient (Wildman–Crippen LogP) is 2.74. The Labute approximate surface area is 144 Å². The summed E-state index contributed by atoms with van der Waals surface area (Å²) in [6, 6.07) is 5.77. The molecule has 0 saturated carbocycles. The van der Waals surface area contributed by atoms with Crippen LogP contribution in [-0.4, -0.2) is 49.9 Å². The van der Waals surface area contributed by atoms with E-state index in [1.807, 2.05) is 18.2 Å². The number of benzene rings is 1. The lowest BCUT2D eigenvalue weighted by Gasteiger charge is -2.43. The number of hydrogen-bond acceptors (Lipinski definition) is 4. The van der Waals surface area contributed by atoms with Gasteiger partial charge in [-0.1, -0.05) is 25.4 Å². The van der Waals surface area contributed by atoms with Gasteiger partial charge in [0.25, 0.3) is 0 Å². The van der Waals surface area contributed by atoms with Gasteiger partial charge in [0.1, 0.15) is 5.75 Å². The Morgan fingerprint density at radius 1 is 1.36 bits per heavy atom. The summed E-state index contributed by atoms with van der Waals surface area (Å²) in [5.74, 6) is 0.824. The minimum atomic E-state index is -0.282. The third kappa shape index (κ3) is 4.27. The van der Waals surface area contributed by atoms with Crippen LogP contribution in [0, 0.1) is 5.41 Å². The summed E-state index contributed by atoms with van der Waals surface area (Å²) in [7, 11) is 1.67. The number of hydrogen-bond donors (Lipinski definition) is 2. The summed E-state index contributed by atoms with van der Waals surface area (Å²) < 4.78 is 5.53. The molecule has 0 unspecified atom stereocenters. The third-order valence-electron chi connectivity index (χ3n) is 4.15. The highest BCUT2D eigenvalue weighted by atomic mass is 35.5. The molecule has 4 nitrogen and oxygen atoms in total. The van der Waals surface area contributed by atoms with Gasteiger partial charge in [-0.3, -0.25) is 4.90 Å². The van der Waals surface area contributed by atoms with E-state index in [0.717, 1.165) is 37.5 Å². The molecule has 1 aromatic carbocycles. The van der Waals surface area contributed by atoms with Crippen LogP contribution >= 0.6 is 24.0 Å². The number of piperazine rings is 1. The van der Waals surface area contributed by atoms with Gasteiger partial charge >= 0.3 is 0 Å². The van der Waals surface area contributed by atoms with Crippen LogP contribution in [0.4, 0.5) is 0 Å². The normalized spacial score (nSPS) is 17.7. The first-order chi connectivity index (χ1) is 9.99. The van der Waals surface area contributed by atoms with Crippen molar-refractivity contribution in [2.45, 2.75) is 19.9 Å². The smallest absolute Gasteiger partial charge is 0.123 e. The van der Waals surface area contributed by atoms with E-state index in [9.17, 15) is 5.11 Å². The van der Waals surface area contributed by atoms with Gasteiger partial charge in [0.05, 0.1) is 7.11 Å². The molecule has 1 atom stereocenters. The number of aliphatic hydroxyl groups is 1. The standard InChI is InChI=1S/C16H25ClN2O2.ClH/c1-16(2,11-20)15(19-8-6-18-7-9-19)13-10-12(17)4-5-14(13)21-3;/h4-5,10,15,18,20H,6-9,11H2,1-3H3;1H/t15-;/m1./s1. The van der Waals surface area contributed by atoms with Gasteiger partial charge in [-0.15, -0.1) is 12.4 Å². The van der Waals surface area contributed by atoms with Gasteiger partial charge in [0, 0.05) is 54.8 Å². The van der Waals surface area contributed by atoms with Crippen LogP contribution in [0.3, 0.4) is 0 Å². The lowest BCUT2D eigenvalue weighted by Crippen LogP contribution is -2.49. The molecule has 1 aromatic rings. The van der Waals surface area contributed by atoms with E-state index in [4.69, 9.17) is 16.3 Å². The second-order valence-corrected chi connectivity index (χ2v) is 6.66. The molecule has 1 aliphatic heterocycles. The van der Waals surface area contributed by atoms with Crippen LogP contribution in [0.15, 0.2) is 18.2 Å². The van der Waals surface area contributed by atoms with Crippen LogP contribution in [0.25, 0.3) is 0 Å². The van der Waals surface area contributed by atoms with E-state index in [1.165, 1.54) is 0 Å². The van der Waals surface area contributed by atoms with Gasteiger partial charge < -0.3 is 15.2 Å². The molecule has 2 rings (SSSR count). The molecule has 0 spiro atoms. The Hall–Kier alpha value is -0.520. The molecule has 6 heteroatoms. The van der Waals surface area contributed by atoms with E-state index in [0.29, 0.717) is 5.02 Å². The van der Waals surface area contributed by atoms with Gasteiger partial charge in [0.2, 0.25) is 0 Å². The summed E-state index contributed by atoms with van der Waals surface area (Å²) in [6.45, 7) is 8.09. The van der Waals surface area contributed by atoms with Crippen molar-refractivity contribution in [2.75, 3.05) is 39.9 Å². The molecule has 0 radical (unpaired) electrons. The van der Waals surface area contributed by atoms with Crippen molar-refractivity contribution < 1.29 is 9.84 Å². The van der Waals surface area contributed by atoms with Gasteiger partial charge in [-0.05, 0) is 18.2 Å². The highest BCUT2D eigenvalue weighted by molar-refractivity contribution is 6.30. The first kappa shape index (κ1) is 19.5. The maximum atomic E-state index is 9.87. The average molecular weight is 349 g/mol. The van der Waals surface area contributed by atoms with E-state index in [1.54, 1.807) is 7.11 Å². The van der Waals surface area contributed by atoms with Gasteiger partial charge in [-0.2, -0.15) is 0 Å². The summed E-state index contributed by atoms with van der Waals surface area (Å²) in [5.41, 5.74) is 0.765. The largest absolute Gasteiger partial charge is 0.496 e. The molecule has 1 saturated heterocycles. The van der Waals surface area contributed by atoms with Crippen molar-refractivity contribution in [3.05, 3.63) is 28.8 Å². The SMILES string of the molecule is COc1ccc(Cl)cc1[C@@H](N1CCNCC1)C(C)(C)CO.Cl. The molecule has 1 fully saturated rings. The summed E-state index contributed by atoms with van der Waals surface area (Å²) in [5, 5.41) is 13.9. The second-order valence-electron chi connectivity index (χ2n) is 6.22.